The number of ether oxygens (including phenoxy) is 2. The number of methoxy groups -OCH3 is 1. The molecule has 0 spiro atoms. The standard InChI is InChI=1S/C17H24ClNO4S/c1-10(2)8-23-17(21)12(4)24-9-16(20)19-14-6-11(3)13(18)7-15(14)22-5/h6-7,10,12H,8-9H2,1-5H3,(H,19,20). The summed E-state index contributed by atoms with van der Waals surface area (Å²) in [5, 5.41) is 2.95. The molecule has 24 heavy (non-hydrogen) atoms. The van der Waals surface area contributed by atoms with Gasteiger partial charge >= 0.3 is 5.97 Å². The second-order valence-electron chi connectivity index (χ2n) is 5.83. The van der Waals surface area contributed by atoms with Gasteiger partial charge in [0, 0.05) is 11.1 Å². The molecule has 0 aliphatic heterocycles. The van der Waals surface area contributed by atoms with Crippen LogP contribution < -0.4 is 10.1 Å². The van der Waals surface area contributed by atoms with Crippen molar-refractivity contribution in [1.29, 1.82) is 0 Å². The molecular formula is C17H24ClNO4S. The maximum absolute atomic E-state index is 12.1. The Labute approximate surface area is 152 Å². The molecule has 1 rings (SSSR count). The second-order valence-corrected chi connectivity index (χ2v) is 7.56. The predicted molar refractivity (Wildman–Crippen MR) is 99.1 cm³/mol. The minimum absolute atomic E-state index is 0.142. The molecule has 0 heterocycles. The lowest BCUT2D eigenvalue weighted by Crippen LogP contribution is -2.22. The number of esters is 1. The SMILES string of the molecule is COc1cc(Cl)c(C)cc1NC(=O)CSC(C)C(=O)OCC(C)C. The van der Waals surface area contributed by atoms with E-state index in [0.29, 0.717) is 23.1 Å². The van der Waals surface area contributed by atoms with E-state index >= 15 is 0 Å². The van der Waals surface area contributed by atoms with Crippen molar-refractivity contribution in [3.05, 3.63) is 22.7 Å². The van der Waals surface area contributed by atoms with Crippen molar-refractivity contribution in [3.8, 4) is 5.75 Å². The van der Waals surface area contributed by atoms with E-state index in [-0.39, 0.29) is 23.5 Å². The maximum Gasteiger partial charge on any atom is 0.318 e. The zero-order valence-corrected chi connectivity index (χ0v) is 16.2. The van der Waals surface area contributed by atoms with E-state index in [4.69, 9.17) is 21.1 Å². The molecule has 1 N–H and O–H groups in total. The van der Waals surface area contributed by atoms with Crippen molar-refractivity contribution >= 4 is 40.9 Å². The molecule has 5 nitrogen and oxygen atoms in total. The molecule has 7 heteroatoms. The Bertz CT molecular complexity index is 592. The Morgan fingerprint density at radius 3 is 2.54 bits per heavy atom. The van der Waals surface area contributed by atoms with Crippen LogP contribution >= 0.6 is 23.4 Å². The van der Waals surface area contributed by atoms with Crippen LogP contribution in [0.2, 0.25) is 5.02 Å². The summed E-state index contributed by atoms with van der Waals surface area (Å²) < 4.78 is 10.4. The van der Waals surface area contributed by atoms with Crippen LogP contribution in [0.5, 0.6) is 5.75 Å². The van der Waals surface area contributed by atoms with Gasteiger partial charge in [-0.2, -0.15) is 0 Å². The normalized spacial score (nSPS) is 12.0. The number of benzene rings is 1. The largest absolute Gasteiger partial charge is 0.495 e. The van der Waals surface area contributed by atoms with E-state index in [2.05, 4.69) is 5.32 Å². The smallest absolute Gasteiger partial charge is 0.318 e. The van der Waals surface area contributed by atoms with Crippen molar-refractivity contribution in [1.82, 2.24) is 0 Å². The third-order valence-corrected chi connectivity index (χ3v) is 4.64. The maximum atomic E-state index is 12.1. The molecule has 1 aromatic carbocycles. The van der Waals surface area contributed by atoms with E-state index in [1.54, 1.807) is 19.1 Å². The summed E-state index contributed by atoms with van der Waals surface area (Å²) in [6.07, 6.45) is 0. The summed E-state index contributed by atoms with van der Waals surface area (Å²) >= 11 is 7.27. The van der Waals surface area contributed by atoms with Crippen LogP contribution in [-0.2, 0) is 14.3 Å². The van der Waals surface area contributed by atoms with Crippen LogP contribution in [0.15, 0.2) is 12.1 Å². The first-order valence-corrected chi connectivity index (χ1v) is 9.09. The number of rotatable bonds is 8. The molecule has 0 aliphatic carbocycles. The molecule has 0 aliphatic rings. The van der Waals surface area contributed by atoms with Gasteiger partial charge < -0.3 is 14.8 Å². The molecule has 1 aromatic rings. The number of halogens is 1. The number of carbonyl (C=O) groups is 2. The Hall–Kier alpha value is -1.40. The van der Waals surface area contributed by atoms with Crippen LogP contribution in [0.3, 0.4) is 0 Å². The lowest BCUT2D eigenvalue weighted by Gasteiger charge is -2.14. The van der Waals surface area contributed by atoms with Crippen LogP contribution in [0, 0.1) is 12.8 Å². The van der Waals surface area contributed by atoms with Crippen LogP contribution in [0.25, 0.3) is 0 Å². The Morgan fingerprint density at radius 2 is 1.96 bits per heavy atom. The van der Waals surface area contributed by atoms with Crippen molar-refractivity contribution in [3.63, 3.8) is 0 Å². The van der Waals surface area contributed by atoms with Gasteiger partial charge in [0.05, 0.1) is 25.2 Å². The van der Waals surface area contributed by atoms with Gasteiger partial charge in [-0.1, -0.05) is 25.4 Å². The minimum Gasteiger partial charge on any atom is -0.495 e. The average Bonchev–Trinajstić information content (AvgIpc) is 2.53. The molecule has 0 saturated heterocycles. The zero-order valence-electron chi connectivity index (χ0n) is 14.6. The fourth-order valence-electron chi connectivity index (χ4n) is 1.75. The number of aryl methyl sites for hydroxylation is 1. The Kier molecular flexibility index (Phi) is 8.42. The number of anilines is 1. The van der Waals surface area contributed by atoms with Crippen LogP contribution in [-0.4, -0.2) is 36.6 Å². The number of hydrogen-bond donors (Lipinski definition) is 1. The van der Waals surface area contributed by atoms with Gasteiger partial charge in [0.15, 0.2) is 0 Å². The van der Waals surface area contributed by atoms with E-state index in [1.807, 2.05) is 20.8 Å². The molecule has 0 bridgehead atoms. The summed E-state index contributed by atoms with van der Waals surface area (Å²) in [6.45, 7) is 7.91. The Morgan fingerprint density at radius 1 is 1.29 bits per heavy atom. The van der Waals surface area contributed by atoms with Gasteiger partial charge in [0.25, 0.3) is 0 Å². The number of nitrogens with one attached hydrogen (secondary N) is 1. The van der Waals surface area contributed by atoms with Gasteiger partial charge in [-0.15, -0.1) is 11.8 Å². The second kappa shape index (κ2) is 9.79. The molecule has 0 saturated carbocycles. The molecule has 0 radical (unpaired) electrons. The van der Waals surface area contributed by atoms with E-state index < -0.39 is 5.25 Å². The molecule has 0 aromatic heterocycles. The number of amides is 1. The van der Waals surface area contributed by atoms with E-state index in [9.17, 15) is 9.59 Å². The van der Waals surface area contributed by atoms with E-state index in [0.717, 1.165) is 5.56 Å². The Balaban J connectivity index is 2.55. The number of carbonyl (C=O) groups excluding carboxylic acids is 2. The lowest BCUT2D eigenvalue weighted by molar-refractivity contribution is -0.143. The van der Waals surface area contributed by atoms with Crippen LogP contribution in [0.4, 0.5) is 5.69 Å². The molecule has 0 fully saturated rings. The summed E-state index contributed by atoms with van der Waals surface area (Å²) in [6, 6.07) is 3.41. The highest BCUT2D eigenvalue weighted by Gasteiger charge is 2.18. The molecule has 1 atom stereocenters. The van der Waals surface area contributed by atoms with Crippen molar-refractivity contribution in [2.75, 3.05) is 24.8 Å². The predicted octanol–water partition coefficient (Wildman–Crippen LogP) is 3.92. The van der Waals surface area contributed by atoms with Crippen LogP contribution in [0.1, 0.15) is 26.3 Å². The highest BCUT2D eigenvalue weighted by atomic mass is 35.5. The quantitative estimate of drug-likeness (QED) is 0.700. The highest BCUT2D eigenvalue weighted by Crippen LogP contribution is 2.31. The number of thioether (sulfide) groups is 1. The van der Waals surface area contributed by atoms with Gasteiger partial charge in [0.2, 0.25) is 5.91 Å². The highest BCUT2D eigenvalue weighted by molar-refractivity contribution is 8.01. The monoisotopic (exact) mass is 373 g/mol. The summed E-state index contributed by atoms with van der Waals surface area (Å²) in [4.78, 5) is 23.9. The fraction of sp³-hybridized carbons (Fsp3) is 0.529. The number of hydrogen-bond acceptors (Lipinski definition) is 5. The fourth-order valence-corrected chi connectivity index (χ4v) is 2.58. The third-order valence-electron chi connectivity index (χ3n) is 3.11. The van der Waals surface area contributed by atoms with Gasteiger partial charge in [-0.25, -0.2) is 0 Å². The summed E-state index contributed by atoms with van der Waals surface area (Å²) in [5.41, 5.74) is 1.39. The zero-order chi connectivity index (χ0) is 18.3. The topological polar surface area (TPSA) is 64.6 Å². The summed E-state index contributed by atoms with van der Waals surface area (Å²) in [7, 11) is 1.51. The molecule has 1 amide bonds. The minimum atomic E-state index is -0.400. The average molecular weight is 374 g/mol. The van der Waals surface area contributed by atoms with Crippen molar-refractivity contribution in [2.45, 2.75) is 32.9 Å². The first-order valence-electron chi connectivity index (χ1n) is 7.66. The third kappa shape index (κ3) is 6.61. The molecule has 134 valence electrons. The van der Waals surface area contributed by atoms with E-state index in [1.165, 1.54) is 18.9 Å². The molecular weight excluding hydrogens is 350 g/mol. The summed E-state index contributed by atoms with van der Waals surface area (Å²) in [5.74, 6) is 0.399. The van der Waals surface area contributed by atoms with Gasteiger partial charge in [-0.05, 0) is 31.4 Å². The van der Waals surface area contributed by atoms with Gasteiger partial charge in [0.1, 0.15) is 11.0 Å². The molecule has 1 unspecified atom stereocenters. The van der Waals surface area contributed by atoms with Gasteiger partial charge in [-0.3, -0.25) is 9.59 Å². The lowest BCUT2D eigenvalue weighted by atomic mass is 10.2. The first kappa shape index (κ1) is 20.6. The first-order chi connectivity index (χ1) is 11.2. The van der Waals surface area contributed by atoms with Crippen molar-refractivity contribution in [2.24, 2.45) is 5.92 Å². The van der Waals surface area contributed by atoms with Crippen molar-refractivity contribution < 1.29 is 19.1 Å².